The summed E-state index contributed by atoms with van der Waals surface area (Å²) < 4.78 is 41.4. The van der Waals surface area contributed by atoms with E-state index in [0.29, 0.717) is 0 Å². The van der Waals surface area contributed by atoms with Crippen molar-refractivity contribution < 1.29 is 17.9 Å². The summed E-state index contributed by atoms with van der Waals surface area (Å²) in [7, 11) is 1.54. The molecule has 2 N–H and O–H groups in total. The zero-order valence-electron chi connectivity index (χ0n) is 8.94. The maximum atomic E-state index is 12.0. The number of ether oxygens (including phenoxy) is 1. The van der Waals surface area contributed by atoms with Gasteiger partial charge in [0.25, 0.3) is 0 Å². The van der Waals surface area contributed by atoms with Gasteiger partial charge in [-0.3, -0.25) is 0 Å². The van der Waals surface area contributed by atoms with Crippen molar-refractivity contribution in [2.75, 3.05) is 7.11 Å². The van der Waals surface area contributed by atoms with Crippen LogP contribution in [-0.2, 0) is 4.74 Å². The molecule has 1 atom stereocenters. The Labute approximate surface area is 88.0 Å². The van der Waals surface area contributed by atoms with Crippen LogP contribution in [0.1, 0.15) is 38.5 Å². The highest BCUT2D eigenvalue weighted by atomic mass is 19.4. The van der Waals surface area contributed by atoms with Crippen LogP contribution in [0.3, 0.4) is 0 Å². The third kappa shape index (κ3) is 3.34. The van der Waals surface area contributed by atoms with Gasteiger partial charge in [0.1, 0.15) is 0 Å². The zero-order chi connectivity index (χ0) is 11.5. The molecular weight excluding hydrogens is 207 g/mol. The van der Waals surface area contributed by atoms with Crippen molar-refractivity contribution in [3.8, 4) is 0 Å². The molecule has 5 heteroatoms. The molecule has 1 rings (SSSR count). The number of nitrogens with two attached hydrogens (primary N) is 1. The van der Waals surface area contributed by atoms with Gasteiger partial charge in [0, 0.05) is 19.6 Å². The van der Waals surface area contributed by atoms with Crippen LogP contribution in [0.25, 0.3) is 0 Å². The molecule has 15 heavy (non-hydrogen) atoms. The van der Waals surface area contributed by atoms with E-state index in [1.165, 1.54) is 0 Å². The lowest BCUT2D eigenvalue weighted by atomic mass is 9.89. The van der Waals surface area contributed by atoms with E-state index < -0.39 is 24.2 Å². The smallest absolute Gasteiger partial charge is 0.377 e. The average Bonchev–Trinajstić information content (AvgIpc) is 2.62. The van der Waals surface area contributed by atoms with E-state index in [9.17, 15) is 13.2 Å². The van der Waals surface area contributed by atoms with Crippen molar-refractivity contribution in [3.63, 3.8) is 0 Å². The number of alkyl halides is 3. The predicted molar refractivity (Wildman–Crippen MR) is 51.5 cm³/mol. The molecule has 0 heterocycles. The third-order valence-electron chi connectivity index (χ3n) is 3.27. The van der Waals surface area contributed by atoms with Gasteiger partial charge in [-0.15, -0.1) is 0 Å². The minimum absolute atomic E-state index is 0.0443. The van der Waals surface area contributed by atoms with E-state index in [4.69, 9.17) is 10.5 Å². The Balaban J connectivity index is 2.47. The molecule has 1 unspecified atom stereocenters. The van der Waals surface area contributed by atoms with E-state index in [1.807, 2.05) is 0 Å². The summed E-state index contributed by atoms with van der Waals surface area (Å²) >= 11 is 0. The second-order valence-corrected chi connectivity index (χ2v) is 4.24. The topological polar surface area (TPSA) is 35.2 Å². The predicted octanol–water partition coefficient (Wildman–Crippen LogP) is 2.62. The van der Waals surface area contributed by atoms with Crippen molar-refractivity contribution in [3.05, 3.63) is 0 Å². The molecular formula is C10H18F3NO. The lowest BCUT2D eigenvalue weighted by Gasteiger charge is -2.34. The van der Waals surface area contributed by atoms with Crippen LogP contribution in [0.4, 0.5) is 13.2 Å². The molecule has 0 aromatic carbocycles. The molecule has 2 nitrogen and oxygen atoms in total. The van der Waals surface area contributed by atoms with Gasteiger partial charge < -0.3 is 10.5 Å². The SMILES string of the molecule is COC1(C(N)CCC(F)(F)F)CCCC1. The molecule has 1 aliphatic carbocycles. The fraction of sp³-hybridized carbons (Fsp3) is 1.00. The monoisotopic (exact) mass is 225 g/mol. The maximum absolute atomic E-state index is 12.0. The fourth-order valence-electron chi connectivity index (χ4n) is 2.28. The summed E-state index contributed by atoms with van der Waals surface area (Å²) in [5, 5.41) is 0. The summed E-state index contributed by atoms with van der Waals surface area (Å²) in [6, 6.07) is -0.508. The first-order valence-electron chi connectivity index (χ1n) is 5.27. The van der Waals surface area contributed by atoms with Crippen molar-refractivity contribution in [2.45, 2.75) is 56.3 Å². The van der Waals surface area contributed by atoms with Crippen LogP contribution in [0.2, 0.25) is 0 Å². The highest BCUT2D eigenvalue weighted by Gasteiger charge is 2.41. The maximum Gasteiger partial charge on any atom is 0.389 e. The quantitative estimate of drug-likeness (QED) is 0.798. The van der Waals surface area contributed by atoms with E-state index in [0.717, 1.165) is 25.7 Å². The molecule has 1 saturated carbocycles. The molecule has 1 aliphatic rings. The minimum Gasteiger partial charge on any atom is -0.377 e. The Hall–Kier alpha value is -0.290. The van der Waals surface area contributed by atoms with E-state index >= 15 is 0 Å². The van der Waals surface area contributed by atoms with Crippen LogP contribution < -0.4 is 5.73 Å². The van der Waals surface area contributed by atoms with Gasteiger partial charge >= 0.3 is 6.18 Å². The van der Waals surface area contributed by atoms with Crippen molar-refractivity contribution in [2.24, 2.45) is 5.73 Å². The number of halogens is 3. The molecule has 0 amide bonds. The molecule has 90 valence electrons. The Morgan fingerprint density at radius 1 is 1.33 bits per heavy atom. The van der Waals surface area contributed by atoms with Crippen molar-refractivity contribution in [1.29, 1.82) is 0 Å². The number of methoxy groups -OCH3 is 1. The first kappa shape index (κ1) is 12.8. The van der Waals surface area contributed by atoms with E-state index in [1.54, 1.807) is 7.11 Å². The second-order valence-electron chi connectivity index (χ2n) is 4.24. The Bertz CT molecular complexity index is 199. The molecule has 1 fully saturated rings. The summed E-state index contributed by atoms with van der Waals surface area (Å²) in [5.74, 6) is 0. The third-order valence-corrected chi connectivity index (χ3v) is 3.27. The molecule has 0 aromatic heterocycles. The summed E-state index contributed by atoms with van der Waals surface area (Å²) in [5.41, 5.74) is 5.30. The Kier molecular flexibility index (Phi) is 4.00. The fourth-order valence-corrected chi connectivity index (χ4v) is 2.28. The zero-order valence-corrected chi connectivity index (χ0v) is 8.94. The molecule has 0 spiro atoms. The van der Waals surface area contributed by atoms with Gasteiger partial charge in [0.15, 0.2) is 0 Å². The lowest BCUT2D eigenvalue weighted by Crippen LogP contribution is -2.47. The normalized spacial score (nSPS) is 23.0. The highest BCUT2D eigenvalue weighted by Crippen LogP contribution is 2.37. The lowest BCUT2D eigenvalue weighted by molar-refractivity contribution is -0.140. The van der Waals surface area contributed by atoms with Gasteiger partial charge in [0.2, 0.25) is 0 Å². The van der Waals surface area contributed by atoms with Crippen LogP contribution in [0, 0.1) is 0 Å². The standard InChI is InChI=1S/C10H18F3NO/c1-15-9(5-2-3-6-9)8(14)4-7-10(11,12)13/h8H,2-7,14H2,1H3. The number of hydrogen-bond donors (Lipinski definition) is 1. The molecule has 0 aliphatic heterocycles. The summed E-state index contributed by atoms with van der Waals surface area (Å²) in [6.45, 7) is 0. The van der Waals surface area contributed by atoms with Gasteiger partial charge in [-0.1, -0.05) is 12.8 Å². The minimum atomic E-state index is -4.12. The highest BCUT2D eigenvalue weighted by molar-refractivity contribution is 4.95. The summed E-state index contributed by atoms with van der Waals surface area (Å²) in [6.07, 6.45) is -1.44. The van der Waals surface area contributed by atoms with Crippen LogP contribution in [0.15, 0.2) is 0 Å². The van der Waals surface area contributed by atoms with E-state index in [-0.39, 0.29) is 6.42 Å². The first-order chi connectivity index (χ1) is 6.90. The molecule has 0 saturated heterocycles. The number of hydrogen-bond acceptors (Lipinski definition) is 2. The van der Waals surface area contributed by atoms with Gasteiger partial charge in [-0.25, -0.2) is 0 Å². The molecule has 0 bridgehead atoms. The number of rotatable bonds is 4. The Morgan fingerprint density at radius 3 is 2.27 bits per heavy atom. The van der Waals surface area contributed by atoms with Gasteiger partial charge in [0.05, 0.1) is 5.60 Å². The van der Waals surface area contributed by atoms with Crippen LogP contribution >= 0.6 is 0 Å². The summed E-state index contributed by atoms with van der Waals surface area (Å²) in [4.78, 5) is 0. The average molecular weight is 225 g/mol. The van der Waals surface area contributed by atoms with Gasteiger partial charge in [-0.2, -0.15) is 13.2 Å². The van der Waals surface area contributed by atoms with Crippen molar-refractivity contribution in [1.82, 2.24) is 0 Å². The van der Waals surface area contributed by atoms with E-state index in [2.05, 4.69) is 0 Å². The van der Waals surface area contributed by atoms with Crippen molar-refractivity contribution >= 4 is 0 Å². The molecule has 0 aromatic rings. The molecule has 0 radical (unpaired) electrons. The van der Waals surface area contributed by atoms with Gasteiger partial charge in [-0.05, 0) is 19.3 Å². The Morgan fingerprint density at radius 2 is 1.87 bits per heavy atom. The first-order valence-corrected chi connectivity index (χ1v) is 5.27. The largest absolute Gasteiger partial charge is 0.389 e. The second kappa shape index (κ2) is 4.70. The van der Waals surface area contributed by atoms with Crippen LogP contribution in [-0.4, -0.2) is 24.9 Å². The van der Waals surface area contributed by atoms with Crippen LogP contribution in [0.5, 0.6) is 0 Å².